The molecule has 0 aliphatic carbocycles. The highest BCUT2D eigenvalue weighted by molar-refractivity contribution is 9.10. The van der Waals surface area contributed by atoms with Crippen LogP contribution in [0, 0.1) is 5.82 Å². The first-order chi connectivity index (χ1) is 9.10. The summed E-state index contributed by atoms with van der Waals surface area (Å²) >= 11 is 3.25. The van der Waals surface area contributed by atoms with Crippen molar-refractivity contribution in [1.82, 2.24) is 0 Å². The summed E-state index contributed by atoms with van der Waals surface area (Å²) in [5.74, 6) is 0.547. The molecular weight excluding hydrogens is 309 g/mol. The lowest BCUT2D eigenvalue weighted by Gasteiger charge is -2.17. The third-order valence-corrected chi connectivity index (χ3v) is 3.38. The molecule has 0 heterocycles. The van der Waals surface area contributed by atoms with E-state index in [-0.39, 0.29) is 11.9 Å². The standard InChI is InChI=1S/C15H15BrFNO/c1-10(14-7-6-11(16)8-15(14)17)18-12-4-3-5-13(9-12)19-2/h3-10,18H,1-2H3. The first-order valence-electron chi connectivity index (χ1n) is 5.95. The number of methoxy groups -OCH3 is 1. The average Bonchev–Trinajstić information content (AvgIpc) is 2.38. The van der Waals surface area contributed by atoms with Crippen LogP contribution < -0.4 is 10.1 Å². The van der Waals surface area contributed by atoms with Crippen LogP contribution in [0.1, 0.15) is 18.5 Å². The molecule has 1 N–H and O–H groups in total. The summed E-state index contributed by atoms with van der Waals surface area (Å²) in [6.45, 7) is 1.92. The Bertz CT molecular complexity index is 574. The van der Waals surface area contributed by atoms with Gasteiger partial charge in [0.1, 0.15) is 11.6 Å². The van der Waals surface area contributed by atoms with Gasteiger partial charge in [0.05, 0.1) is 13.2 Å². The molecule has 0 amide bonds. The SMILES string of the molecule is COc1cccc(NC(C)c2ccc(Br)cc2F)c1. The number of halogens is 2. The van der Waals surface area contributed by atoms with Gasteiger partial charge in [-0.1, -0.05) is 28.1 Å². The fourth-order valence-corrected chi connectivity index (χ4v) is 2.23. The van der Waals surface area contributed by atoms with Crippen LogP contribution in [0.25, 0.3) is 0 Å². The highest BCUT2D eigenvalue weighted by Gasteiger charge is 2.11. The van der Waals surface area contributed by atoms with Crippen LogP contribution in [-0.4, -0.2) is 7.11 Å². The normalized spacial score (nSPS) is 12.0. The Hall–Kier alpha value is -1.55. The third-order valence-electron chi connectivity index (χ3n) is 2.88. The molecule has 0 saturated carbocycles. The van der Waals surface area contributed by atoms with Crippen molar-refractivity contribution in [2.75, 3.05) is 12.4 Å². The van der Waals surface area contributed by atoms with Gasteiger partial charge in [0.25, 0.3) is 0 Å². The minimum absolute atomic E-state index is 0.125. The van der Waals surface area contributed by atoms with E-state index in [4.69, 9.17) is 4.74 Å². The predicted molar refractivity (Wildman–Crippen MR) is 79.1 cm³/mol. The van der Waals surface area contributed by atoms with Crippen molar-refractivity contribution >= 4 is 21.6 Å². The lowest BCUT2D eigenvalue weighted by Crippen LogP contribution is -2.08. The summed E-state index contributed by atoms with van der Waals surface area (Å²) in [4.78, 5) is 0. The van der Waals surface area contributed by atoms with Crippen LogP contribution in [-0.2, 0) is 0 Å². The highest BCUT2D eigenvalue weighted by Crippen LogP contribution is 2.25. The maximum absolute atomic E-state index is 13.9. The average molecular weight is 324 g/mol. The van der Waals surface area contributed by atoms with Gasteiger partial charge in [-0.15, -0.1) is 0 Å². The summed E-state index contributed by atoms with van der Waals surface area (Å²) in [5, 5.41) is 3.26. The molecule has 2 rings (SSSR count). The Labute approximate surface area is 120 Å². The first-order valence-corrected chi connectivity index (χ1v) is 6.75. The molecule has 1 unspecified atom stereocenters. The van der Waals surface area contributed by atoms with Crippen LogP contribution in [0.2, 0.25) is 0 Å². The van der Waals surface area contributed by atoms with Gasteiger partial charge in [-0.05, 0) is 31.2 Å². The zero-order valence-corrected chi connectivity index (χ0v) is 12.4. The molecule has 2 aromatic rings. The zero-order chi connectivity index (χ0) is 13.8. The van der Waals surface area contributed by atoms with E-state index in [1.165, 1.54) is 6.07 Å². The van der Waals surface area contributed by atoms with E-state index < -0.39 is 0 Å². The second-order valence-electron chi connectivity index (χ2n) is 4.26. The molecule has 0 saturated heterocycles. The van der Waals surface area contributed by atoms with Gasteiger partial charge in [0.15, 0.2) is 0 Å². The topological polar surface area (TPSA) is 21.3 Å². The van der Waals surface area contributed by atoms with Crippen LogP contribution in [0.4, 0.5) is 10.1 Å². The molecule has 0 aliphatic heterocycles. The Morgan fingerprint density at radius 1 is 1.21 bits per heavy atom. The summed E-state index contributed by atoms with van der Waals surface area (Å²) < 4.78 is 19.8. The number of nitrogens with one attached hydrogen (secondary N) is 1. The minimum atomic E-state index is -0.225. The Morgan fingerprint density at radius 3 is 2.68 bits per heavy atom. The molecule has 4 heteroatoms. The van der Waals surface area contributed by atoms with E-state index >= 15 is 0 Å². The van der Waals surface area contributed by atoms with Gasteiger partial charge in [-0.3, -0.25) is 0 Å². The minimum Gasteiger partial charge on any atom is -0.497 e. The third kappa shape index (κ3) is 3.47. The quantitative estimate of drug-likeness (QED) is 0.875. The zero-order valence-electron chi connectivity index (χ0n) is 10.8. The predicted octanol–water partition coefficient (Wildman–Crippen LogP) is 4.77. The number of benzene rings is 2. The van der Waals surface area contributed by atoms with Crippen molar-refractivity contribution in [2.24, 2.45) is 0 Å². The van der Waals surface area contributed by atoms with Gasteiger partial charge >= 0.3 is 0 Å². The molecule has 0 aromatic heterocycles. The summed E-state index contributed by atoms with van der Waals surface area (Å²) in [6, 6.07) is 12.5. The van der Waals surface area contributed by atoms with Crippen LogP contribution in [0.3, 0.4) is 0 Å². The summed E-state index contributed by atoms with van der Waals surface area (Å²) in [6.07, 6.45) is 0. The van der Waals surface area contributed by atoms with E-state index in [9.17, 15) is 4.39 Å². The van der Waals surface area contributed by atoms with Crippen LogP contribution >= 0.6 is 15.9 Å². The van der Waals surface area contributed by atoms with Gasteiger partial charge in [-0.2, -0.15) is 0 Å². The fourth-order valence-electron chi connectivity index (χ4n) is 1.89. The number of anilines is 1. The molecule has 2 aromatic carbocycles. The highest BCUT2D eigenvalue weighted by atomic mass is 79.9. The van der Waals surface area contributed by atoms with E-state index in [0.29, 0.717) is 5.56 Å². The Balaban J connectivity index is 2.17. The summed E-state index contributed by atoms with van der Waals surface area (Å²) in [7, 11) is 1.62. The van der Waals surface area contributed by atoms with Gasteiger partial charge in [-0.25, -0.2) is 4.39 Å². The van der Waals surface area contributed by atoms with Crippen molar-refractivity contribution in [3.63, 3.8) is 0 Å². The lowest BCUT2D eigenvalue weighted by molar-refractivity contribution is 0.415. The summed E-state index contributed by atoms with van der Waals surface area (Å²) in [5.41, 5.74) is 1.53. The number of hydrogen-bond donors (Lipinski definition) is 1. The molecule has 0 aliphatic rings. The van der Waals surface area contributed by atoms with E-state index in [1.54, 1.807) is 13.2 Å². The van der Waals surface area contributed by atoms with Crippen molar-refractivity contribution in [3.8, 4) is 5.75 Å². The Morgan fingerprint density at radius 2 is 2.00 bits per heavy atom. The number of hydrogen-bond acceptors (Lipinski definition) is 2. The molecule has 0 fully saturated rings. The van der Waals surface area contributed by atoms with Gasteiger partial charge in [0, 0.05) is 21.8 Å². The van der Waals surface area contributed by atoms with Crippen LogP contribution in [0.5, 0.6) is 5.75 Å². The molecule has 0 radical (unpaired) electrons. The first kappa shape index (κ1) is 13.9. The molecule has 100 valence electrons. The molecule has 0 bridgehead atoms. The molecule has 19 heavy (non-hydrogen) atoms. The van der Waals surface area contributed by atoms with Gasteiger partial charge < -0.3 is 10.1 Å². The van der Waals surface area contributed by atoms with E-state index in [0.717, 1.165) is 15.9 Å². The van der Waals surface area contributed by atoms with Crippen molar-refractivity contribution < 1.29 is 9.13 Å². The smallest absolute Gasteiger partial charge is 0.129 e. The molecular formula is C15H15BrFNO. The van der Waals surface area contributed by atoms with E-state index in [1.807, 2.05) is 37.3 Å². The molecule has 1 atom stereocenters. The number of ether oxygens (including phenoxy) is 1. The van der Waals surface area contributed by atoms with Crippen molar-refractivity contribution in [1.29, 1.82) is 0 Å². The van der Waals surface area contributed by atoms with Crippen LogP contribution in [0.15, 0.2) is 46.9 Å². The maximum atomic E-state index is 13.9. The maximum Gasteiger partial charge on any atom is 0.129 e. The Kier molecular flexibility index (Phi) is 4.43. The van der Waals surface area contributed by atoms with Crippen molar-refractivity contribution in [2.45, 2.75) is 13.0 Å². The lowest BCUT2D eigenvalue weighted by atomic mass is 10.1. The molecule has 0 spiro atoms. The monoisotopic (exact) mass is 323 g/mol. The van der Waals surface area contributed by atoms with Gasteiger partial charge in [0.2, 0.25) is 0 Å². The number of rotatable bonds is 4. The van der Waals surface area contributed by atoms with Crippen molar-refractivity contribution in [3.05, 3.63) is 58.3 Å². The van der Waals surface area contributed by atoms with E-state index in [2.05, 4.69) is 21.2 Å². The largest absolute Gasteiger partial charge is 0.497 e. The fraction of sp³-hybridized carbons (Fsp3) is 0.200. The second-order valence-corrected chi connectivity index (χ2v) is 5.18. The second kappa shape index (κ2) is 6.06. The molecule has 2 nitrogen and oxygen atoms in total.